The first-order valence-corrected chi connectivity index (χ1v) is 6.68. The molecule has 1 heterocycles. The first-order valence-electron chi connectivity index (χ1n) is 6.68. The Labute approximate surface area is 112 Å². The van der Waals surface area contributed by atoms with Crippen molar-refractivity contribution in [2.45, 2.75) is 32.1 Å². The highest BCUT2D eigenvalue weighted by Gasteiger charge is 2.31. The number of carbonyl (C=O) groups excluding carboxylic acids is 1. The maximum absolute atomic E-state index is 12.1. The Hall–Kier alpha value is -2.15. The van der Waals surface area contributed by atoms with E-state index in [1.807, 2.05) is 6.07 Å². The van der Waals surface area contributed by atoms with E-state index >= 15 is 0 Å². The van der Waals surface area contributed by atoms with Crippen LogP contribution in [-0.4, -0.2) is 11.6 Å². The van der Waals surface area contributed by atoms with Crippen LogP contribution in [-0.2, 0) is 4.79 Å². The summed E-state index contributed by atoms with van der Waals surface area (Å²) in [6, 6.07) is 9.12. The van der Waals surface area contributed by atoms with Crippen LogP contribution in [0.1, 0.15) is 37.7 Å². The summed E-state index contributed by atoms with van der Waals surface area (Å²) < 4.78 is 0. The molecule has 0 spiro atoms. The van der Waals surface area contributed by atoms with Crippen LogP contribution in [0.3, 0.4) is 0 Å². The molecule has 4 nitrogen and oxygen atoms in total. The van der Waals surface area contributed by atoms with Crippen LogP contribution < -0.4 is 5.01 Å². The quantitative estimate of drug-likeness (QED) is 0.813. The fourth-order valence-electron chi connectivity index (χ4n) is 2.84. The number of hydrazone groups is 1. The normalized spacial score (nSPS) is 19.6. The Bertz CT molecular complexity index is 579. The van der Waals surface area contributed by atoms with Gasteiger partial charge in [-0.25, -0.2) is 5.01 Å². The Morgan fingerprint density at radius 3 is 2.84 bits per heavy atom. The average Bonchev–Trinajstić information content (AvgIpc) is 3.07. The van der Waals surface area contributed by atoms with Gasteiger partial charge in [0, 0.05) is 0 Å². The third-order valence-corrected chi connectivity index (χ3v) is 3.84. The minimum absolute atomic E-state index is 0.0111. The molecule has 1 aromatic rings. The lowest BCUT2D eigenvalue weighted by molar-refractivity contribution is -0.116. The van der Waals surface area contributed by atoms with Gasteiger partial charge in [0.05, 0.1) is 29.5 Å². The van der Waals surface area contributed by atoms with Crippen molar-refractivity contribution in [3.05, 3.63) is 29.8 Å². The monoisotopic (exact) mass is 253 g/mol. The number of amides is 1. The minimum atomic E-state index is 0.0111. The second kappa shape index (κ2) is 4.85. The number of anilines is 1. The molecule has 4 heteroatoms. The number of benzene rings is 1. The molecule has 0 unspecified atom stereocenters. The Morgan fingerprint density at radius 1 is 1.32 bits per heavy atom. The highest BCUT2D eigenvalue weighted by atomic mass is 16.2. The van der Waals surface area contributed by atoms with Crippen LogP contribution in [0.5, 0.6) is 0 Å². The molecule has 1 aliphatic carbocycles. The van der Waals surface area contributed by atoms with Gasteiger partial charge in [0.25, 0.3) is 5.91 Å². The number of carbonyl (C=O) groups is 1. The molecule has 3 rings (SSSR count). The highest BCUT2D eigenvalue weighted by Crippen LogP contribution is 2.31. The fraction of sp³-hybridized carbons (Fsp3) is 0.400. The zero-order valence-corrected chi connectivity index (χ0v) is 10.7. The standard InChI is InChI=1S/C15H15N3O/c16-10-11-4-3-7-13(8-11)18-15(19)9-14(17-18)12-5-1-2-6-12/h3-4,7-8,12H,1-2,5-6,9H2. The second-order valence-electron chi connectivity index (χ2n) is 5.12. The Kier molecular flexibility index (Phi) is 3.04. The van der Waals surface area contributed by atoms with Crippen molar-refractivity contribution in [1.82, 2.24) is 0 Å². The number of nitriles is 1. The molecule has 1 aliphatic heterocycles. The summed E-state index contributed by atoms with van der Waals surface area (Å²) in [6.07, 6.45) is 5.21. The summed E-state index contributed by atoms with van der Waals surface area (Å²) in [4.78, 5) is 12.1. The predicted octanol–water partition coefficient (Wildman–Crippen LogP) is 2.84. The largest absolute Gasteiger partial charge is 0.272 e. The van der Waals surface area contributed by atoms with E-state index in [1.54, 1.807) is 18.2 Å². The van der Waals surface area contributed by atoms with Crippen molar-refractivity contribution in [3.8, 4) is 6.07 Å². The lowest BCUT2D eigenvalue weighted by Gasteiger charge is -2.11. The number of rotatable bonds is 2. The molecule has 0 bridgehead atoms. The molecular formula is C15H15N3O. The van der Waals surface area contributed by atoms with E-state index < -0.39 is 0 Å². The topological polar surface area (TPSA) is 56.5 Å². The Morgan fingerprint density at radius 2 is 2.11 bits per heavy atom. The lowest BCUT2D eigenvalue weighted by atomic mass is 10.00. The van der Waals surface area contributed by atoms with Gasteiger partial charge in [-0.15, -0.1) is 0 Å². The number of hydrogen-bond donors (Lipinski definition) is 0. The van der Waals surface area contributed by atoms with Gasteiger partial charge >= 0.3 is 0 Å². The molecule has 96 valence electrons. The molecule has 1 saturated carbocycles. The van der Waals surface area contributed by atoms with E-state index in [1.165, 1.54) is 17.9 Å². The summed E-state index contributed by atoms with van der Waals surface area (Å²) >= 11 is 0. The summed E-state index contributed by atoms with van der Waals surface area (Å²) in [5, 5.41) is 14.8. The van der Waals surface area contributed by atoms with Gasteiger partial charge < -0.3 is 0 Å². The lowest BCUT2D eigenvalue weighted by Crippen LogP contribution is -2.19. The van der Waals surface area contributed by atoms with E-state index in [-0.39, 0.29) is 5.91 Å². The van der Waals surface area contributed by atoms with E-state index in [2.05, 4.69) is 11.2 Å². The molecule has 0 N–H and O–H groups in total. The van der Waals surface area contributed by atoms with Crippen LogP contribution >= 0.6 is 0 Å². The average molecular weight is 253 g/mol. The molecular weight excluding hydrogens is 238 g/mol. The second-order valence-corrected chi connectivity index (χ2v) is 5.12. The molecule has 0 atom stereocenters. The first-order chi connectivity index (χ1) is 9.28. The zero-order valence-electron chi connectivity index (χ0n) is 10.7. The van der Waals surface area contributed by atoms with Crippen LogP contribution in [0.4, 0.5) is 5.69 Å². The number of hydrogen-bond acceptors (Lipinski definition) is 3. The van der Waals surface area contributed by atoms with Gasteiger partial charge in [-0.05, 0) is 37.0 Å². The molecule has 1 aromatic carbocycles. The van der Waals surface area contributed by atoms with Gasteiger partial charge in [-0.1, -0.05) is 18.9 Å². The molecule has 1 fully saturated rings. The van der Waals surface area contributed by atoms with Crippen LogP contribution in [0.2, 0.25) is 0 Å². The van der Waals surface area contributed by atoms with Gasteiger partial charge in [0.2, 0.25) is 0 Å². The van der Waals surface area contributed by atoms with E-state index in [0.29, 0.717) is 23.6 Å². The summed E-state index contributed by atoms with van der Waals surface area (Å²) in [5.74, 6) is 0.491. The smallest absolute Gasteiger partial charge is 0.253 e. The Balaban J connectivity index is 1.87. The summed E-state index contributed by atoms with van der Waals surface area (Å²) in [7, 11) is 0. The third kappa shape index (κ3) is 2.24. The van der Waals surface area contributed by atoms with Crippen molar-refractivity contribution >= 4 is 17.3 Å². The van der Waals surface area contributed by atoms with Gasteiger partial charge in [0.1, 0.15) is 0 Å². The van der Waals surface area contributed by atoms with E-state index in [4.69, 9.17) is 5.26 Å². The van der Waals surface area contributed by atoms with E-state index in [9.17, 15) is 4.79 Å². The molecule has 1 amide bonds. The fourth-order valence-corrected chi connectivity index (χ4v) is 2.84. The molecule has 0 aromatic heterocycles. The van der Waals surface area contributed by atoms with Crippen LogP contribution in [0, 0.1) is 17.2 Å². The molecule has 2 aliphatic rings. The van der Waals surface area contributed by atoms with Crippen molar-refractivity contribution in [1.29, 1.82) is 5.26 Å². The third-order valence-electron chi connectivity index (χ3n) is 3.84. The molecule has 0 saturated heterocycles. The van der Waals surface area contributed by atoms with Crippen molar-refractivity contribution in [2.75, 3.05) is 5.01 Å². The minimum Gasteiger partial charge on any atom is -0.272 e. The summed E-state index contributed by atoms with van der Waals surface area (Å²) in [5.41, 5.74) is 2.26. The van der Waals surface area contributed by atoms with Crippen LogP contribution in [0.25, 0.3) is 0 Å². The predicted molar refractivity (Wildman–Crippen MR) is 72.7 cm³/mol. The van der Waals surface area contributed by atoms with Gasteiger partial charge in [0.15, 0.2) is 0 Å². The van der Waals surface area contributed by atoms with Crippen molar-refractivity contribution in [3.63, 3.8) is 0 Å². The number of nitrogens with zero attached hydrogens (tertiary/aromatic N) is 3. The molecule has 0 radical (unpaired) electrons. The van der Waals surface area contributed by atoms with E-state index in [0.717, 1.165) is 18.6 Å². The summed E-state index contributed by atoms with van der Waals surface area (Å²) in [6.45, 7) is 0. The highest BCUT2D eigenvalue weighted by molar-refractivity contribution is 6.13. The zero-order chi connectivity index (χ0) is 13.2. The van der Waals surface area contributed by atoms with Crippen molar-refractivity contribution in [2.24, 2.45) is 11.0 Å². The maximum atomic E-state index is 12.1. The van der Waals surface area contributed by atoms with Gasteiger partial charge in [-0.3, -0.25) is 4.79 Å². The molecule has 19 heavy (non-hydrogen) atoms. The van der Waals surface area contributed by atoms with Gasteiger partial charge in [-0.2, -0.15) is 10.4 Å². The van der Waals surface area contributed by atoms with Crippen LogP contribution in [0.15, 0.2) is 29.4 Å². The SMILES string of the molecule is N#Cc1cccc(N2N=C(C3CCCC3)CC2=O)c1. The first kappa shape index (κ1) is 11.9. The van der Waals surface area contributed by atoms with Crippen molar-refractivity contribution < 1.29 is 4.79 Å². The maximum Gasteiger partial charge on any atom is 0.253 e.